The summed E-state index contributed by atoms with van der Waals surface area (Å²) in [5.41, 5.74) is 0. The van der Waals surface area contributed by atoms with Crippen molar-refractivity contribution in [1.29, 1.82) is 0 Å². The third-order valence-electron chi connectivity index (χ3n) is 10.3. The van der Waals surface area contributed by atoms with Crippen molar-refractivity contribution in [1.82, 2.24) is 0 Å². The van der Waals surface area contributed by atoms with Gasteiger partial charge in [-0.25, -0.2) is 4.57 Å². The monoisotopic (exact) mass is 787 g/mol. The van der Waals surface area contributed by atoms with Gasteiger partial charge in [0.2, 0.25) is 0 Å². The molecular formula is C45H87O8P. The fraction of sp³-hybridized carbons (Fsp3) is 0.911. The molecule has 0 aliphatic carbocycles. The van der Waals surface area contributed by atoms with Crippen LogP contribution in [0.5, 0.6) is 0 Å². The van der Waals surface area contributed by atoms with Gasteiger partial charge in [0.05, 0.1) is 6.61 Å². The zero-order chi connectivity index (χ0) is 39.6. The highest BCUT2D eigenvalue weighted by atomic mass is 31.2. The lowest BCUT2D eigenvalue weighted by molar-refractivity contribution is -0.161. The van der Waals surface area contributed by atoms with E-state index in [0.29, 0.717) is 6.42 Å². The lowest BCUT2D eigenvalue weighted by Crippen LogP contribution is -2.29. The highest BCUT2D eigenvalue weighted by molar-refractivity contribution is 7.46. The summed E-state index contributed by atoms with van der Waals surface area (Å²) in [7, 11) is -4.75. The lowest BCUT2D eigenvalue weighted by atomic mass is 10.0. The summed E-state index contributed by atoms with van der Waals surface area (Å²) in [5, 5.41) is 0. The molecule has 0 aromatic heterocycles. The molecule has 0 amide bonds. The summed E-state index contributed by atoms with van der Waals surface area (Å²) < 4.78 is 26.5. The van der Waals surface area contributed by atoms with Gasteiger partial charge in [0.25, 0.3) is 0 Å². The average Bonchev–Trinajstić information content (AvgIpc) is 3.14. The van der Waals surface area contributed by atoms with Gasteiger partial charge in [-0.1, -0.05) is 206 Å². The van der Waals surface area contributed by atoms with Crippen LogP contribution in [0.15, 0.2) is 12.2 Å². The zero-order valence-electron chi connectivity index (χ0n) is 35.4. The molecule has 0 fully saturated rings. The Hall–Kier alpha value is -1.21. The van der Waals surface area contributed by atoms with Gasteiger partial charge in [-0.15, -0.1) is 0 Å². The van der Waals surface area contributed by atoms with Gasteiger partial charge in [-0.05, 0) is 38.5 Å². The van der Waals surface area contributed by atoms with E-state index in [-0.39, 0.29) is 19.4 Å². The minimum absolute atomic E-state index is 0.218. The molecule has 0 aliphatic rings. The number of carbonyl (C=O) groups is 2. The molecule has 1 atom stereocenters. The topological polar surface area (TPSA) is 119 Å². The Morgan fingerprint density at radius 1 is 0.463 bits per heavy atom. The Labute approximate surface area is 333 Å². The molecular weight excluding hydrogens is 699 g/mol. The molecule has 0 unspecified atom stereocenters. The van der Waals surface area contributed by atoms with Gasteiger partial charge in [0, 0.05) is 12.8 Å². The number of unbranched alkanes of at least 4 members (excludes halogenated alkanes) is 31. The van der Waals surface area contributed by atoms with E-state index in [1.807, 2.05) is 0 Å². The summed E-state index contributed by atoms with van der Waals surface area (Å²) in [6.07, 6.45) is 46.5. The summed E-state index contributed by atoms with van der Waals surface area (Å²) in [5.74, 6) is -0.871. The Morgan fingerprint density at radius 3 is 1.13 bits per heavy atom. The van der Waals surface area contributed by atoms with Gasteiger partial charge in [0.15, 0.2) is 6.10 Å². The summed E-state index contributed by atoms with van der Waals surface area (Å²) in [6, 6.07) is 0. The van der Waals surface area contributed by atoms with Crippen LogP contribution in [0.25, 0.3) is 0 Å². The first-order valence-electron chi connectivity index (χ1n) is 23.0. The molecule has 2 N–H and O–H groups in total. The average molecular weight is 787 g/mol. The van der Waals surface area contributed by atoms with Gasteiger partial charge >= 0.3 is 19.8 Å². The lowest BCUT2D eigenvalue weighted by Gasteiger charge is -2.18. The number of hydrogen-bond donors (Lipinski definition) is 2. The zero-order valence-corrected chi connectivity index (χ0v) is 36.3. The Kier molecular flexibility index (Phi) is 40.5. The smallest absolute Gasteiger partial charge is 0.462 e. The van der Waals surface area contributed by atoms with E-state index in [1.54, 1.807) is 0 Å². The van der Waals surface area contributed by atoms with Gasteiger partial charge in [-0.3, -0.25) is 14.1 Å². The van der Waals surface area contributed by atoms with Crippen molar-refractivity contribution < 1.29 is 37.9 Å². The number of phosphoric ester groups is 1. The van der Waals surface area contributed by atoms with Crippen molar-refractivity contribution in [3.05, 3.63) is 12.2 Å². The third kappa shape index (κ3) is 43.5. The SMILES string of the molecule is CCCCCCCC/C=C\CCCCCCCCCCCCCC(=O)OC[C@H](COP(=O)(O)O)OC(=O)CCCCCCCCCCCCCCCCC. The molecule has 320 valence electrons. The molecule has 0 saturated heterocycles. The third-order valence-corrected chi connectivity index (χ3v) is 10.8. The fourth-order valence-corrected chi connectivity index (χ4v) is 7.20. The van der Waals surface area contributed by atoms with Crippen LogP contribution >= 0.6 is 7.82 Å². The van der Waals surface area contributed by atoms with Crippen LogP contribution in [0.4, 0.5) is 0 Å². The maximum absolute atomic E-state index is 12.4. The second-order valence-corrected chi connectivity index (χ2v) is 17.0. The van der Waals surface area contributed by atoms with E-state index in [0.717, 1.165) is 32.1 Å². The first-order chi connectivity index (χ1) is 26.3. The highest BCUT2D eigenvalue weighted by Gasteiger charge is 2.23. The van der Waals surface area contributed by atoms with Crippen molar-refractivity contribution in [3.63, 3.8) is 0 Å². The fourth-order valence-electron chi connectivity index (χ4n) is 6.84. The maximum atomic E-state index is 12.4. The standard InChI is InChI=1S/C45H87O8P/c1-3-5-7-9-11-13-15-17-19-20-21-22-23-24-26-27-29-31-33-35-37-39-44(46)51-41-43(42-52-54(48,49)50)53-45(47)40-38-36-34-32-30-28-25-18-16-14-12-10-8-6-4-2/h17,19,43H,3-16,18,20-42H2,1-2H3,(H2,48,49,50)/b19-17-/t43-/m1/s1. The van der Waals surface area contributed by atoms with Crippen LogP contribution < -0.4 is 0 Å². The van der Waals surface area contributed by atoms with Gasteiger partial charge < -0.3 is 19.3 Å². The Bertz CT molecular complexity index is 889. The summed E-state index contributed by atoms with van der Waals surface area (Å²) in [4.78, 5) is 42.9. The van der Waals surface area contributed by atoms with Crippen molar-refractivity contribution in [3.8, 4) is 0 Å². The second-order valence-electron chi connectivity index (χ2n) is 15.7. The Morgan fingerprint density at radius 2 is 0.778 bits per heavy atom. The molecule has 0 bridgehead atoms. The van der Waals surface area contributed by atoms with Crippen LogP contribution in [0.3, 0.4) is 0 Å². The van der Waals surface area contributed by atoms with E-state index in [4.69, 9.17) is 19.3 Å². The molecule has 0 aliphatic heterocycles. The number of rotatable bonds is 43. The quantitative estimate of drug-likeness (QED) is 0.0271. The van der Waals surface area contributed by atoms with Crippen LogP contribution in [-0.4, -0.2) is 41.0 Å². The second kappa shape index (κ2) is 41.4. The highest BCUT2D eigenvalue weighted by Crippen LogP contribution is 2.36. The summed E-state index contributed by atoms with van der Waals surface area (Å²) >= 11 is 0. The minimum Gasteiger partial charge on any atom is -0.462 e. The van der Waals surface area contributed by atoms with Crippen molar-refractivity contribution >= 4 is 19.8 Å². The first-order valence-corrected chi connectivity index (χ1v) is 24.5. The predicted molar refractivity (Wildman–Crippen MR) is 226 cm³/mol. The van der Waals surface area contributed by atoms with E-state index < -0.39 is 32.5 Å². The molecule has 9 heteroatoms. The van der Waals surface area contributed by atoms with E-state index >= 15 is 0 Å². The molecule has 8 nitrogen and oxygen atoms in total. The molecule has 0 rings (SSSR count). The Balaban J connectivity index is 3.81. The number of ether oxygens (including phenoxy) is 2. The van der Waals surface area contributed by atoms with Crippen molar-refractivity contribution in [2.75, 3.05) is 13.2 Å². The van der Waals surface area contributed by atoms with Crippen LogP contribution in [0.1, 0.15) is 245 Å². The number of esters is 2. The van der Waals surface area contributed by atoms with Crippen LogP contribution in [-0.2, 0) is 28.2 Å². The first kappa shape index (κ1) is 52.8. The minimum atomic E-state index is -4.75. The van der Waals surface area contributed by atoms with E-state index in [1.165, 1.54) is 180 Å². The van der Waals surface area contributed by atoms with Gasteiger partial charge in [0.1, 0.15) is 6.61 Å². The normalized spacial score (nSPS) is 12.4. The maximum Gasteiger partial charge on any atom is 0.469 e. The largest absolute Gasteiger partial charge is 0.469 e. The predicted octanol–water partition coefficient (Wildman–Crippen LogP) is 14.2. The molecule has 0 aromatic carbocycles. The number of phosphoric acid groups is 1. The number of carbonyl (C=O) groups excluding carboxylic acids is 2. The molecule has 0 heterocycles. The molecule has 54 heavy (non-hydrogen) atoms. The number of allylic oxidation sites excluding steroid dienone is 2. The van der Waals surface area contributed by atoms with E-state index in [2.05, 4.69) is 30.5 Å². The van der Waals surface area contributed by atoms with E-state index in [9.17, 15) is 14.2 Å². The number of hydrogen-bond acceptors (Lipinski definition) is 6. The molecule has 0 saturated carbocycles. The molecule has 0 radical (unpaired) electrons. The van der Waals surface area contributed by atoms with Crippen LogP contribution in [0, 0.1) is 0 Å². The van der Waals surface area contributed by atoms with Crippen molar-refractivity contribution in [2.45, 2.75) is 251 Å². The summed E-state index contributed by atoms with van der Waals surface area (Å²) in [6.45, 7) is 3.72. The molecule has 0 aromatic rings. The van der Waals surface area contributed by atoms with Gasteiger partial charge in [-0.2, -0.15) is 0 Å². The van der Waals surface area contributed by atoms with Crippen LogP contribution in [0.2, 0.25) is 0 Å². The molecule has 0 spiro atoms. The van der Waals surface area contributed by atoms with Crippen molar-refractivity contribution in [2.24, 2.45) is 0 Å².